The lowest BCUT2D eigenvalue weighted by Crippen LogP contribution is -2.04. The molecule has 2 aromatic carbocycles. The Morgan fingerprint density at radius 3 is 2.48 bits per heavy atom. The number of fused-ring (bicyclic) bond motifs is 1. The van der Waals surface area contributed by atoms with Gasteiger partial charge in [-0.15, -0.1) is 0 Å². The molecule has 3 aromatic rings. The van der Waals surface area contributed by atoms with E-state index in [0.717, 1.165) is 23.9 Å². The van der Waals surface area contributed by atoms with Gasteiger partial charge in [0.1, 0.15) is 0 Å². The summed E-state index contributed by atoms with van der Waals surface area (Å²) in [6.45, 7) is 0. The number of hydrogen-bond donors (Lipinski definition) is 1. The van der Waals surface area contributed by atoms with Gasteiger partial charge in [-0.05, 0) is 35.4 Å². The van der Waals surface area contributed by atoms with Crippen molar-refractivity contribution >= 4 is 17.2 Å². The molecule has 5 heteroatoms. The van der Waals surface area contributed by atoms with Crippen LogP contribution in [-0.4, -0.2) is 11.3 Å². The summed E-state index contributed by atoms with van der Waals surface area (Å²) in [4.78, 5) is 13.9. The van der Waals surface area contributed by atoms with Crippen molar-refractivity contribution in [1.29, 1.82) is 0 Å². The van der Waals surface area contributed by atoms with Crippen LogP contribution >= 0.6 is 0 Å². The third-order valence-electron chi connectivity index (χ3n) is 3.36. The van der Waals surface area contributed by atoms with E-state index >= 15 is 0 Å². The van der Waals surface area contributed by atoms with E-state index in [2.05, 4.69) is 4.98 Å². The minimum absolute atomic E-state index is 0.463. The Balaban J connectivity index is 2.14. The van der Waals surface area contributed by atoms with Crippen molar-refractivity contribution < 1.29 is 18.0 Å². The Hall–Kier alpha value is -2.56. The van der Waals surface area contributed by atoms with Gasteiger partial charge in [-0.25, -0.2) is 0 Å². The molecule has 0 aliphatic rings. The number of alkyl halides is 3. The van der Waals surface area contributed by atoms with Crippen molar-refractivity contribution in [3.05, 3.63) is 59.8 Å². The molecule has 3 rings (SSSR count). The number of aldehydes is 1. The molecule has 1 aromatic heterocycles. The van der Waals surface area contributed by atoms with Crippen LogP contribution in [0.15, 0.2) is 48.7 Å². The number of rotatable bonds is 2. The topological polar surface area (TPSA) is 32.9 Å². The maximum atomic E-state index is 12.8. The lowest BCUT2D eigenvalue weighted by Gasteiger charge is -2.09. The van der Waals surface area contributed by atoms with E-state index < -0.39 is 11.7 Å². The first-order chi connectivity index (χ1) is 9.99. The number of hydrogen-bond acceptors (Lipinski definition) is 1. The molecule has 0 aliphatic heterocycles. The van der Waals surface area contributed by atoms with Gasteiger partial charge in [0, 0.05) is 22.7 Å². The Morgan fingerprint density at radius 1 is 1.00 bits per heavy atom. The fraction of sp³-hybridized carbons (Fsp3) is 0.0625. The van der Waals surface area contributed by atoms with Crippen LogP contribution in [0.25, 0.3) is 22.0 Å². The molecule has 0 atom stereocenters. The van der Waals surface area contributed by atoms with E-state index in [4.69, 9.17) is 0 Å². The van der Waals surface area contributed by atoms with E-state index in [1.807, 2.05) is 0 Å². The van der Waals surface area contributed by atoms with E-state index in [1.165, 1.54) is 6.07 Å². The van der Waals surface area contributed by atoms with Crippen molar-refractivity contribution in [2.75, 3.05) is 0 Å². The number of halogens is 3. The minimum Gasteiger partial charge on any atom is -0.360 e. The first kappa shape index (κ1) is 13.4. The highest BCUT2D eigenvalue weighted by Gasteiger charge is 2.30. The molecule has 0 unspecified atom stereocenters. The molecular formula is C16H10F3NO. The molecule has 0 radical (unpaired) electrons. The maximum Gasteiger partial charge on any atom is 0.416 e. The van der Waals surface area contributed by atoms with Gasteiger partial charge in [0.25, 0.3) is 0 Å². The monoisotopic (exact) mass is 289 g/mol. The summed E-state index contributed by atoms with van der Waals surface area (Å²) in [5, 5.41) is 0.694. The second-order valence-electron chi connectivity index (χ2n) is 4.70. The highest BCUT2D eigenvalue weighted by atomic mass is 19.4. The highest BCUT2D eigenvalue weighted by Crippen LogP contribution is 2.33. The summed E-state index contributed by atoms with van der Waals surface area (Å²) in [6, 6.07) is 10.3. The summed E-state index contributed by atoms with van der Waals surface area (Å²) in [6.07, 6.45) is -2.08. The van der Waals surface area contributed by atoms with E-state index in [9.17, 15) is 18.0 Å². The quantitative estimate of drug-likeness (QED) is 0.683. The molecule has 0 saturated heterocycles. The third kappa shape index (κ3) is 2.42. The SMILES string of the molecule is O=Cc1c[nH]c2ccc(-c3cccc(C(F)(F)F)c3)cc12. The first-order valence-electron chi connectivity index (χ1n) is 6.23. The predicted molar refractivity (Wildman–Crippen MR) is 74.1 cm³/mol. The molecule has 0 amide bonds. The number of H-pyrrole nitrogens is 1. The molecule has 0 aliphatic carbocycles. The molecule has 0 spiro atoms. The molecule has 106 valence electrons. The fourth-order valence-electron chi connectivity index (χ4n) is 2.29. The van der Waals surface area contributed by atoms with Gasteiger partial charge in [0.05, 0.1) is 5.56 Å². The van der Waals surface area contributed by atoms with Crippen LogP contribution in [0.2, 0.25) is 0 Å². The van der Waals surface area contributed by atoms with Crippen LogP contribution in [0.4, 0.5) is 13.2 Å². The van der Waals surface area contributed by atoms with Gasteiger partial charge in [-0.1, -0.05) is 18.2 Å². The van der Waals surface area contributed by atoms with Gasteiger partial charge in [-0.3, -0.25) is 4.79 Å². The lowest BCUT2D eigenvalue weighted by molar-refractivity contribution is -0.137. The predicted octanol–water partition coefficient (Wildman–Crippen LogP) is 4.67. The van der Waals surface area contributed by atoms with Crippen LogP contribution < -0.4 is 0 Å². The number of carbonyl (C=O) groups excluding carboxylic acids is 1. The third-order valence-corrected chi connectivity index (χ3v) is 3.36. The van der Waals surface area contributed by atoms with Gasteiger partial charge < -0.3 is 4.98 Å². The zero-order valence-electron chi connectivity index (χ0n) is 10.7. The molecule has 0 fully saturated rings. The smallest absolute Gasteiger partial charge is 0.360 e. The zero-order valence-corrected chi connectivity index (χ0v) is 10.7. The van der Waals surface area contributed by atoms with Crippen molar-refractivity contribution in [3.63, 3.8) is 0 Å². The second-order valence-corrected chi connectivity index (χ2v) is 4.70. The summed E-state index contributed by atoms with van der Waals surface area (Å²) in [5.41, 5.74) is 1.66. The Labute approximate surface area is 118 Å². The molecule has 1 N–H and O–H groups in total. The van der Waals surface area contributed by atoms with Gasteiger partial charge >= 0.3 is 6.18 Å². The molecule has 21 heavy (non-hydrogen) atoms. The van der Waals surface area contributed by atoms with Crippen molar-refractivity contribution in [1.82, 2.24) is 4.98 Å². The van der Waals surface area contributed by atoms with Gasteiger partial charge in [0.2, 0.25) is 0 Å². The van der Waals surface area contributed by atoms with Crippen molar-refractivity contribution in [2.24, 2.45) is 0 Å². The Kier molecular flexibility index (Phi) is 3.05. The van der Waals surface area contributed by atoms with Crippen LogP contribution in [-0.2, 0) is 6.18 Å². The summed E-state index contributed by atoms with van der Waals surface area (Å²) >= 11 is 0. The molecule has 0 saturated carbocycles. The van der Waals surface area contributed by atoms with E-state index in [0.29, 0.717) is 22.1 Å². The normalized spacial score (nSPS) is 11.8. The molecule has 0 bridgehead atoms. The van der Waals surface area contributed by atoms with Gasteiger partial charge in [-0.2, -0.15) is 13.2 Å². The second kappa shape index (κ2) is 4.77. The maximum absolute atomic E-state index is 12.8. The molecule has 2 nitrogen and oxygen atoms in total. The fourth-order valence-corrected chi connectivity index (χ4v) is 2.29. The van der Waals surface area contributed by atoms with Crippen molar-refractivity contribution in [3.8, 4) is 11.1 Å². The minimum atomic E-state index is -4.37. The van der Waals surface area contributed by atoms with Crippen molar-refractivity contribution in [2.45, 2.75) is 6.18 Å². The number of aromatic nitrogens is 1. The van der Waals surface area contributed by atoms with E-state index in [-0.39, 0.29) is 0 Å². The average Bonchev–Trinajstić information content (AvgIpc) is 2.88. The van der Waals surface area contributed by atoms with E-state index in [1.54, 1.807) is 30.5 Å². The Bertz CT molecular complexity index is 818. The summed E-state index contributed by atoms with van der Waals surface area (Å²) < 4.78 is 38.3. The first-order valence-corrected chi connectivity index (χ1v) is 6.23. The summed E-state index contributed by atoms with van der Waals surface area (Å²) in [5.74, 6) is 0. The average molecular weight is 289 g/mol. The van der Waals surface area contributed by atoms with Crippen LogP contribution in [0.5, 0.6) is 0 Å². The van der Waals surface area contributed by atoms with Crippen LogP contribution in [0.3, 0.4) is 0 Å². The number of aromatic amines is 1. The number of carbonyl (C=O) groups is 1. The summed E-state index contributed by atoms with van der Waals surface area (Å²) in [7, 11) is 0. The molecular weight excluding hydrogens is 279 g/mol. The standard InChI is InChI=1S/C16H10F3NO/c17-16(18,19)13-3-1-2-10(6-13)11-4-5-15-14(7-11)12(9-21)8-20-15/h1-9,20H. The zero-order chi connectivity index (χ0) is 15.0. The molecule has 1 heterocycles. The highest BCUT2D eigenvalue weighted by molar-refractivity contribution is 5.99. The largest absolute Gasteiger partial charge is 0.416 e. The van der Waals surface area contributed by atoms with Gasteiger partial charge in [0.15, 0.2) is 6.29 Å². The Morgan fingerprint density at radius 2 is 1.76 bits per heavy atom. The lowest BCUT2D eigenvalue weighted by atomic mass is 10.0. The van der Waals surface area contributed by atoms with Crippen LogP contribution in [0, 0.1) is 0 Å². The number of benzene rings is 2. The number of nitrogens with one attached hydrogen (secondary N) is 1. The van der Waals surface area contributed by atoms with Crippen LogP contribution in [0.1, 0.15) is 15.9 Å².